The number of nitriles is 1. The Morgan fingerprint density at radius 1 is 1.13 bits per heavy atom. The van der Waals surface area contributed by atoms with E-state index in [0.717, 1.165) is 18.2 Å². The van der Waals surface area contributed by atoms with E-state index in [0.29, 0.717) is 5.52 Å². The number of hydrogen-bond donors (Lipinski definition) is 2. The van der Waals surface area contributed by atoms with Crippen molar-refractivity contribution in [1.82, 2.24) is 19.5 Å². The van der Waals surface area contributed by atoms with E-state index >= 15 is 0 Å². The lowest BCUT2D eigenvalue weighted by Gasteiger charge is -2.18. The first-order chi connectivity index (χ1) is 14.4. The smallest absolute Gasteiger partial charge is 0.150 e. The zero-order valence-electron chi connectivity index (χ0n) is 15.6. The summed E-state index contributed by atoms with van der Waals surface area (Å²) in [7, 11) is 0. The van der Waals surface area contributed by atoms with Crippen LogP contribution < -0.4 is 11.1 Å². The maximum absolute atomic E-state index is 14.7. The van der Waals surface area contributed by atoms with E-state index in [1.165, 1.54) is 23.0 Å². The van der Waals surface area contributed by atoms with Crippen LogP contribution in [0.3, 0.4) is 0 Å². The zero-order valence-corrected chi connectivity index (χ0v) is 15.6. The lowest BCUT2D eigenvalue weighted by molar-refractivity contribution is 0.580. The minimum atomic E-state index is -0.815. The van der Waals surface area contributed by atoms with Crippen molar-refractivity contribution in [2.75, 3.05) is 11.1 Å². The number of benzene rings is 2. The van der Waals surface area contributed by atoms with Gasteiger partial charge in [0.2, 0.25) is 0 Å². The van der Waals surface area contributed by atoms with Crippen LogP contribution in [0.2, 0.25) is 0 Å². The Labute approximate surface area is 168 Å². The van der Waals surface area contributed by atoms with Crippen molar-refractivity contribution in [2.24, 2.45) is 0 Å². The van der Waals surface area contributed by atoms with E-state index < -0.39 is 23.5 Å². The van der Waals surface area contributed by atoms with Gasteiger partial charge in [0, 0.05) is 6.07 Å². The minimum Gasteiger partial charge on any atom is -0.382 e. The number of anilines is 2. The second-order valence-electron chi connectivity index (χ2n) is 6.50. The van der Waals surface area contributed by atoms with Gasteiger partial charge in [-0.2, -0.15) is 5.26 Å². The van der Waals surface area contributed by atoms with Gasteiger partial charge in [-0.25, -0.2) is 28.1 Å². The summed E-state index contributed by atoms with van der Waals surface area (Å²) >= 11 is 0. The number of para-hydroxylation sites is 1. The highest BCUT2D eigenvalue weighted by atomic mass is 19.1. The van der Waals surface area contributed by atoms with Gasteiger partial charge in [0.25, 0.3) is 0 Å². The van der Waals surface area contributed by atoms with E-state index in [9.17, 15) is 18.4 Å². The van der Waals surface area contributed by atoms with E-state index in [2.05, 4.69) is 20.3 Å². The van der Waals surface area contributed by atoms with E-state index in [-0.39, 0.29) is 34.2 Å². The molecule has 4 aromatic rings. The van der Waals surface area contributed by atoms with Crippen LogP contribution in [0.15, 0.2) is 42.7 Å². The molecule has 0 fully saturated rings. The summed E-state index contributed by atoms with van der Waals surface area (Å²) in [6.45, 7) is 1.69. The fourth-order valence-corrected chi connectivity index (χ4v) is 3.21. The average Bonchev–Trinajstić information content (AvgIpc) is 3.08. The molecule has 0 bridgehead atoms. The maximum atomic E-state index is 14.7. The molecule has 150 valence electrons. The fraction of sp³-hybridized carbons (Fsp3) is 0.100. The first-order valence-corrected chi connectivity index (χ1v) is 8.79. The number of nitrogens with two attached hydrogens (primary N) is 1. The second-order valence-corrected chi connectivity index (χ2v) is 6.50. The first-order valence-electron chi connectivity index (χ1n) is 8.79. The summed E-state index contributed by atoms with van der Waals surface area (Å²) in [4.78, 5) is 12.2. The molecule has 10 heteroatoms. The molecule has 0 aliphatic carbocycles. The molecule has 2 aromatic heterocycles. The number of fused-ring (bicyclic) bond motifs is 1. The van der Waals surface area contributed by atoms with Gasteiger partial charge in [-0.05, 0) is 31.2 Å². The van der Waals surface area contributed by atoms with Crippen LogP contribution in [0.25, 0.3) is 16.7 Å². The summed E-state index contributed by atoms with van der Waals surface area (Å²) in [5, 5.41) is 12.3. The van der Waals surface area contributed by atoms with Gasteiger partial charge >= 0.3 is 0 Å². The van der Waals surface area contributed by atoms with Crippen molar-refractivity contribution in [3.8, 4) is 11.8 Å². The number of nitrogens with one attached hydrogen (secondary N) is 1. The van der Waals surface area contributed by atoms with Crippen LogP contribution >= 0.6 is 0 Å². The summed E-state index contributed by atoms with van der Waals surface area (Å²) in [5.74, 6) is -1.83. The molecule has 4 rings (SSSR count). The first kappa shape index (κ1) is 19.2. The normalized spacial score (nSPS) is 12.0. The molecule has 0 aliphatic rings. The van der Waals surface area contributed by atoms with E-state index in [1.807, 2.05) is 6.07 Å². The van der Waals surface area contributed by atoms with Gasteiger partial charge in [-0.1, -0.05) is 6.07 Å². The number of imidazole rings is 1. The van der Waals surface area contributed by atoms with Gasteiger partial charge in [-0.3, -0.25) is 4.57 Å². The molecule has 0 saturated carbocycles. The predicted octanol–water partition coefficient (Wildman–Crippen LogP) is 3.86. The molecule has 1 atom stereocenters. The number of rotatable bonds is 4. The summed E-state index contributed by atoms with van der Waals surface area (Å²) in [5.41, 5.74) is 6.17. The van der Waals surface area contributed by atoms with Crippen molar-refractivity contribution >= 4 is 22.7 Å². The largest absolute Gasteiger partial charge is 0.382 e. The van der Waals surface area contributed by atoms with Crippen molar-refractivity contribution in [2.45, 2.75) is 13.0 Å². The molecule has 0 aliphatic heterocycles. The average molecular weight is 409 g/mol. The van der Waals surface area contributed by atoms with Crippen LogP contribution in [0.1, 0.15) is 24.4 Å². The molecule has 0 radical (unpaired) electrons. The highest BCUT2D eigenvalue weighted by Gasteiger charge is 2.22. The van der Waals surface area contributed by atoms with Crippen molar-refractivity contribution in [3.63, 3.8) is 0 Å². The Hall–Kier alpha value is -4.13. The van der Waals surface area contributed by atoms with Gasteiger partial charge in [0.15, 0.2) is 0 Å². The number of aromatic nitrogens is 4. The van der Waals surface area contributed by atoms with Crippen molar-refractivity contribution in [1.29, 1.82) is 5.26 Å². The Kier molecular flexibility index (Phi) is 4.71. The summed E-state index contributed by atoms with van der Waals surface area (Å²) in [6, 6.07) is 8.46. The van der Waals surface area contributed by atoms with Crippen LogP contribution in [0, 0.1) is 28.8 Å². The summed E-state index contributed by atoms with van der Waals surface area (Å²) in [6.07, 6.45) is 1.19. The number of nitrogens with zero attached hydrogens (tertiary/aromatic N) is 5. The highest BCUT2D eigenvalue weighted by molar-refractivity contribution is 5.79. The molecule has 2 aromatic carbocycles. The zero-order chi connectivity index (χ0) is 21.4. The van der Waals surface area contributed by atoms with Gasteiger partial charge < -0.3 is 11.1 Å². The van der Waals surface area contributed by atoms with Gasteiger partial charge in [0.1, 0.15) is 58.4 Å². The number of nitrogen functional groups attached to an aromatic ring is 1. The Morgan fingerprint density at radius 3 is 2.57 bits per heavy atom. The second kappa shape index (κ2) is 7.36. The maximum Gasteiger partial charge on any atom is 0.150 e. The van der Waals surface area contributed by atoms with Gasteiger partial charge in [0.05, 0.1) is 17.2 Å². The third kappa shape index (κ3) is 3.26. The Bertz CT molecular complexity index is 1290. The minimum absolute atomic E-state index is 0.00560. The number of hydrogen-bond acceptors (Lipinski definition) is 6. The van der Waals surface area contributed by atoms with Crippen molar-refractivity contribution in [3.05, 3.63) is 71.6 Å². The van der Waals surface area contributed by atoms with Crippen LogP contribution in [0.4, 0.5) is 24.8 Å². The molecule has 7 nitrogen and oxygen atoms in total. The van der Waals surface area contributed by atoms with E-state index in [4.69, 9.17) is 5.73 Å². The monoisotopic (exact) mass is 409 g/mol. The quantitative estimate of drug-likeness (QED) is 0.530. The molecule has 2 heterocycles. The lowest BCUT2D eigenvalue weighted by atomic mass is 10.2. The van der Waals surface area contributed by atoms with Crippen molar-refractivity contribution < 1.29 is 13.2 Å². The van der Waals surface area contributed by atoms with E-state index in [1.54, 1.807) is 13.0 Å². The predicted molar refractivity (Wildman–Crippen MR) is 104 cm³/mol. The molecule has 30 heavy (non-hydrogen) atoms. The summed E-state index contributed by atoms with van der Waals surface area (Å²) < 4.78 is 43.8. The highest BCUT2D eigenvalue weighted by Crippen LogP contribution is 2.30. The Morgan fingerprint density at radius 2 is 1.87 bits per heavy atom. The molecule has 0 spiro atoms. The standard InChI is InChI=1S/C20H14F3N7/c1-10(28-19-14(8-24)18(25)26-9-27-19)20-29-16-4-2-3-15(23)17(16)30(20)13-6-11(21)5-12(22)7-13/h2-7,9-10H,1H3,(H3,25,26,27,28)/t10-/m1/s1. The lowest BCUT2D eigenvalue weighted by Crippen LogP contribution is -2.16. The van der Waals surface area contributed by atoms with Crippen LogP contribution in [-0.2, 0) is 0 Å². The third-order valence-electron chi connectivity index (χ3n) is 4.49. The molecule has 0 unspecified atom stereocenters. The van der Waals surface area contributed by atoms with Gasteiger partial charge in [-0.15, -0.1) is 0 Å². The fourth-order valence-electron chi connectivity index (χ4n) is 3.21. The Balaban J connectivity index is 1.90. The SMILES string of the molecule is C[C@@H](Nc1ncnc(N)c1C#N)c1nc2cccc(F)c2n1-c1cc(F)cc(F)c1. The van der Waals surface area contributed by atoms with Crippen LogP contribution in [-0.4, -0.2) is 19.5 Å². The molecule has 0 saturated heterocycles. The molecular formula is C20H14F3N7. The molecular weight excluding hydrogens is 395 g/mol. The van der Waals surface area contributed by atoms with Crippen LogP contribution in [0.5, 0.6) is 0 Å². The third-order valence-corrected chi connectivity index (χ3v) is 4.49. The number of halogens is 3. The molecule has 3 N–H and O–H groups in total. The topological polar surface area (TPSA) is 105 Å². The molecule has 0 amide bonds.